The lowest BCUT2D eigenvalue weighted by Crippen LogP contribution is -2.11. The molecule has 6 nitrogen and oxygen atoms in total. The average Bonchev–Trinajstić information content (AvgIpc) is 3.26. The second-order valence-electron chi connectivity index (χ2n) is 7.70. The number of aromatic nitrogens is 2. The number of H-pyrrole nitrogens is 1. The van der Waals surface area contributed by atoms with Crippen LogP contribution < -0.4 is 10.6 Å². The van der Waals surface area contributed by atoms with Gasteiger partial charge < -0.3 is 15.6 Å². The number of imidazole rings is 1. The highest BCUT2D eigenvalue weighted by atomic mass is 32.2. The molecule has 0 aliphatic carbocycles. The molecular formula is C26H26N4O2S. The number of fused-ring (bicyclic) bond motifs is 1. The molecule has 2 amide bonds. The quantitative estimate of drug-likeness (QED) is 0.297. The van der Waals surface area contributed by atoms with Crippen LogP contribution in [0.4, 0.5) is 11.4 Å². The Kier molecular flexibility index (Phi) is 7.10. The van der Waals surface area contributed by atoms with Crippen LogP contribution in [0.2, 0.25) is 0 Å². The number of anilines is 2. The van der Waals surface area contributed by atoms with Crippen LogP contribution in [-0.4, -0.2) is 28.0 Å². The number of thioether (sulfide) groups is 1. The Balaban J connectivity index is 1.40. The van der Waals surface area contributed by atoms with Crippen LogP contribution in [0.15, 0.2) is 71.6 Å². The van der Waals surface area contributed by atoms with Crippen LogP contribution in [0.1, 0.15) is 35.1 Å². The first-order chi connectivity index (χ1) is 16.0. The smallest absolute Gasteiger partial charge is 0.255 e. The molecule has 0 atom stereocenters. The van der Waals surface area contributed by atoms with Crippen molar-refractivity contribution in [2.24, 2.45) is 0 Å². The van der Waals surface area contributed by atoms with Crippen molar-refractivity contribution < 1.29 is 9.59 Å². The van der Waals surface area contributed by atoms with E-state index in [9.17, 15) is 9.59 Å². The van der Waals surface area contributed by atoms with Crippen molar-refractivity contribution in [3.63, 3.8) is 0 Å². The van der Waals surface area contributed by atoms with Gasteiger partial charge >= 0.3 is 0 Å². The molecule has 0 aliphatic rings. The van der Waals surface area contributed by atoms with Crippen molar-refractivity contribution in [1.82, 2.24) is 9.97 Å². The minimum Gasteiger partial charge on any atom is -0.342 e. The molecule has 3 aromatic carbocycles. The Bertz CT molecular complexity index is 1280. The van der Waals surface area contributed by atoms with Crippen LogP contribution in [0, 0.1) is 0 Å². The maximum Gasteiger partial charge on any atom is 0.255 e. The highest BCUT2D eigenvalue weighted by Gasteiger charge is 2.10. The van der Waals surface area contributed by atoms with Crippen LogP contribution >= 0.6 is 11.8 Å². The van der Waals surface area contributed by atoms with Crippen LogP contribution in [0.5, 0.6) is 0 Å². The topological polar surface area (TPSA) is 86.9 Å². The normalized spacial score (nSPS) is 10.8. The third-order valence-corrected chi connectivity index (χ3v) is 6.06. The van der Waals surface area contributed by atoms with Gasteiger partial charge in [-0.2, -0.15) is 0 Å². The molecule has 4 aromatic rings. The molecule has 0 aliphatic heterocycles. The van der Waals surface area contributed by atoms with Gasteiger partial charge in [-0.25, -0.2) is 4.98 Å². The van der Waals surface area contributed by atoms with E-state index in [1.807, 2.05) is 73.8 Å². The monoisotopic (exact) mass is 458 g/mol. The van der Waals surface area contributed by atoms with E-state index in [1.54, 1.807) is 17.8 Å². The summed E-state index contributed by atoms with van der Waals surface area (Å²) in [5.74, 6) is 0.728. The number of benzene rings is 3. The molecule has 0 spiro atoms. The minimum absolute atomic E-state index is 0.00607. The van der Waals surface area contributed by atoms with E-state index in [2.05, 4.69) is 20.6 Å². The minimum atomic E-state index is -0.151. The number of carbonyl (C=O) groups is 2. The molecule has 1 aromatic heterocycles. The van der Waals surface area contributed by atoms with E-state index in [-0.39, 0.29) is 11.8 Å². The molecule has 4 rings (SSSR count). The summed E-state index contributed by atoms with van der Waals surface area (Å²) in [6, 6.07) is 21.2. The third-order valence-electron chi connectivity index (χ3n) is 5.33. The van der Waals surface area contributed by atoms with E-state index in [0.29, 0.717) is 12.0 Å². The molecule has 168 valence electrons. The molecule has 0 saturated carbocycles. The van der Waals surface area contributed by atoms with Crippen molar-refractivity contribution >= 4 is 46.0 Å². The SMILES string of the molecule is CCC(=O)Nc1ccc(CCc2nc3ccc(C(=O)Nc4cccc(SC)c4)cc3[nH]2)cc1. The van der Waals surface area contributed by atoms with Crippen molar-refractivity contribution in [3.8, 4) is 0 Å². The molecule has 33 heavy (non-hydrogen) atoms. The van der Waals surface area contributed by atoms with Gasteiger partial charge in [0.15, 0.2) is 0 Å². The number of aryl methyl sites for hydroxylation is 2. The molecule has 0 radical (unpaired) electrons. The third kappa shape index (κ3) is 5.81. The lowest BCUT2D eigenvalue weighted by Gasteiger charge is -2.06. The van der Waals surface area contributed by atoms with Gasteiger partial charge in [-0.05, 0) is 66.8 Å². The fraction of sp³-hybridized carbons (Fsp3) is 0.192. The van der Waals surface area contributed by atoms with E-state index < -0.39 is 0 Å². The Morgan fingerprint density at radius 1 is 0.939 bits per heavy atom. The van der Waals surface area contributed by atoms with Gasteiger partial charge in [0.25, 0.3) is 5.91 Å². The largest absolute Gasteiger partial charge is 0.342 e. The molecular weight excluding hydrogens is 432 g/mol. The van der Waals surface area contributed by atoms with E-state index in [0.717, 1.165) is 51.5 Å². The first-order valence-corrected chi connectivity index (χ1v) is 12.1. The van der Waals surface area contributed by atoms with Crippen molar-refractivity contribution in [3.05, 3.63) is 83.7 Å². The maximum atomic E-state index is 12.7. The maximum absolute atomic E-state index is 12.7. The lowest BCUT2D eigenvalue weighted by atomic mass is 10.1. The predicted octanol–water partition coefficient (Wildman–Crippen LogP) is 5.67. The summed E-state index contributed by atoms with van der Waals surface area (Å²) in [5, 5.41) is 5.81. The number of hydrogen-bond acceptors (Lipinski definition) is 4. The molecule has 0 unspecified atom stereocenters. The van der Waals surface area contributed by atoms with Gasteiger partial charge in [0.05, 0.1) is 11.0 Å². The van der Waals surface area contributed by atoms with Gasteiger partial charge in [0.1, 0.15) is 5.82 Å². The number of carbonyl (C=O) groups excluding carboxylic acids is 2. The van der Waals surface area contributed by atoms with E-state index >= 15 is 0 Å². The van der Waals surface area contributed by atoms with Gasteiger partial charge in [-0.1, -0.05) is 25.1 Å². The van der Waals surface area contributed by atoms with Gasteiger partial charge in [0.2, 0.25) is 5.91 Å². The Labute approximate surface area is 197 Å². The predicted molar refractivity (Wildman–Crippen MR) is 135 cm³/mol. The first kappa shape index (κ1) is 22.6. The standard InChI is InChI=1S/C26H26N4O2S/c1-3-25(31)27-19-11-7-17(8-12-19)9-14-24-29-22-13-10-18(15-23(22)30-24)26(32)28-20-5-4-6-21(16-20)33-2/h4-8,10-13,15-16H,3,9,14H2,1-2H3,(H,27,31)(H,28,32)(H,29,30). The summed E-state index contributed by atoms with van der Waals surface area (Å²) in [7, 11) is 0. The Hall–Kier alpha value is -3.58. The summed E-state index contributed by atoms with van der Waals surface area (Å²) in [4.78, 5) is 33.3. The number of amides is 2. The van der Waals surface area contributed by atoms with Gasteiger partial charge in [0, 0.05) is 34.7 Å². The Morgan fingerprint density at radius 3 is 2.52 bits per heavy atom. The fourth-order valence-electron chi connectivity index (χ4n) is 3.49. The summed E-state index contributed by atoms with van der Waals surface area (Å²) in [5.41, 5.74) is 5.00. The zero-order chi connectivity index (χ0) is 23.2. The van der Waals surface area contributed by atoms with Crippen LogP contribution in [0.25, 0.3) is 11.0 Å². The second-order valence-corrected chi connectivity index (χ2v) is 8.58. The van der Waals surface area contributed by atoms with Gasteiger partial charge in [-0.15, -0.1) is 11.8 Å². The molecule has 1 heterocycles. The number of rotatable bonds is 8. The molecule has 0 fully saturated rings. The number of nitrogens with zero attached hydrogens (tertiary/aromatic N) is 1. The van der Waals surface area contributed by atoms with Crippen molar-refractivity contribution in [1.29, 1.82) is 0 Å². The summed E-state index contributed by atoms with van der Waals surface area (Å²) in [6.45, 7) is 1.83. The first-order valence-electron chi connectivity index (χ1n) is 10.9. The number of nitrogens with one attached hydrogen (secondary N) is 3. The van der Waals surface area contributed by atoms with Crippen molar-refractivity contribution in [2.75, 3.05) is 16.9 Å². The molecule has 3 N–H and O–H groups in total. The highest BCUT2D eigenvalue weighted by molar-refractivity contribution is 7.98. The van der Waals surface area contributed by atoms with E-state index in [1.165, 1.54) is 0 Å². The van der Waals surface area contributed by atoms with Crippen LogP contribution in [-0.2, 0) is 17.6 Å². The molecule has 7 heteroatoms. The van der Waals surface area contributed by atoms with Crippen molar-refractivity contribution in [2.45, 2.75) is 31.1 Å². The fourth-order valence-corrected chi connectivity index (χ4v) is 3.95. The lowest BCUT2D eigenvalue weighted by molar-refractivity contribution is -0.115. The second kappa shape index (κ2) is 10.4. The zero-order valence-electron chi connectivity index (χ0n) is 18.6. The number of aromatic amines is 1. The summed E-state index contributed by atoms with van der Waals surface area (Å²) in [6.07, 6.45) is 4.04. The van der Waals surface area contributed by atoms with E-state index in [4.69, 9.17) is 0 Å². The summed E-state index contributed by atoms with van der Waals surface area (Å²) >= 11 is 1.64. The molecule has 0 bridgehead atoms. The number of hydrogen-bond donors (Lipinski definition) is 3. The molecule has 0 saturated heterocycles. The Morgan fingerprint density at radius 2 is 1.76 bits per heavy atom. The average molecular weight is 459 g/mol. The summed E-state index contributed by atoms with van der Waals surface area (Å²) < 4.78 is 0. The van der Waals surface area contributed by atoms with Crippen LogP contribution in [0.3, 0.4) is 0 Å². The zero-order valence-corrected chi connectivity index (χ0v) is 19.5. The van der Waals surface area contributed by atoms with Gasteiger partial charge in [-0.3, -0.25) is 9.59 Å². The highest BCUT2D eigenvalue weighted by Crippen LogP contribution is 2.21.